The highest BCUT2D eigenvalue weighted by Crippen LogP contribution is 2.36. The Bertz CT molecular complexity index is 1480. The second kappa shape index (κ2) is 9.99. The van der Waals surface area contributed by atoms with Crippen LogP contribution in [0.2, 0.25) is 5.02 Å². The fourth-order valence-electron chi connectivity index (χ4n) is 3.67. The number of nitrogens with zero attached hydrogens (tertiary/aromatic N) is 2. The van der Waals surface area contributed by atoms with Crippen molar-refractivity contribution in [3.8, 4) is 22.8 Å². The summed E-state index contributed by atoms with van der Waals surface area (Å²) >= 11 is 6.51. The number of nitro benzene ring substituents is 1. The fourth-order valence-corrected chi connectivity index (χ4v) is 4.65. The predicted molar refractivity (Wildman–Crippen MR) is 135 cm³/mol. The zero-order valence-electron chi connectivity index (χ0n) is 18.8. The van der Waals surface area contributed by atoms with Crippen molar-refractivity contribution >= 4 is 57.9 Å². The van der Waals surface area contributed by atoms with E-state index in [0.717, 1.165) is 4.90 Å². The molecule has 2 aliphatic heterocycles. The molecule has 5 rings (SSSR count). The summed E-state index contributed by atoms with van der Waals surface area (Å²) in [7, 11) is 0. The number of thioether (sulfide) groups is 1. The maximum atomic E-state index is 12.8. The van der Waals surface area contributed by atoms with Gasteiger partial charge in [-0.2, -0.15) is 0 Å². The quantitative estimate of drug-likeness (QED) is 0.260. The third-order valence-electron chi connectivity index (χ3n) is 5.32. The van der Waals surface area contributed by atoms with Gasteiger partial charge in [0.15, 0.2) is 11.5 Å². The van der Waals surface area contributed by atoms with Crippen LogP contribution in [0.1, 0.15) is 5.76 Å². The molecular formula is C24H16ClN3O8S. The van der Waals surface area contributed by atoms with Gasteiger partial charge in [0.05, 0.1) is 15.4 Å². The highest BCUT2D eigenvalue weighted by molar-refractivity contribution is 8.18. The number of rotatable bonds is 6. The van der Waals surface area contributed by atoms with E-state index in [-0.39, 0.29) is 32.7 Å². The van der Waals surface area contributed by atoms with Crippen LogP contribution in [0.3, 0.4) is 0 Å². The molecule has 2 aliphatic rings. The molecule has 1 fully saturated rings. The summed E-state index contributed by atoms with van der Waals surface area (Å²) < 4.78 is 16.6. The first kappa shape index (κ1) is 24.4. The maximum Gasteiger partial charge on any atom is 0.294 e. The molecule has 3 aromatic rings. The molecule has 0 aliphatic carbocycles. The van der Waals surface area contributed by atoms with Gasteiger partial charge < -0.3 is 19.2 Å². The first-order chi connectivity index (χ1) is 17.8. The van der Waals surface area contributed by atoms with Crippen molar-refractivity contribution in [2.75, 3.05) is 25.1 Å². The second-order valence-electron chi connectivity index (χ2n) is 7.80. The average molecular weight is 542 g/mol. The van der Waals surface area contributed by atoms with Crippen molar-refractivity contribution in [1.29, 1.82) is 0 Å². The summed E-state index contributed by atoms with van der Waals surface area (Å²) in [4.78, 5) is 49.4. The molecule has 3 heterocycles. The van der Waals surface area contributed by atoms with Gasteiger partial charge in [0, 0.05) is 28.9 Å². The van der Waals surface area contributed by atoms with Gasteiger partial charge in [-0.25, -0.2) is 0 Å². The Morgan fingerprint density at radius 1 is 1.11 bits per heavy atom. The first-order valence-electron chi connectivity index (χ1n) is 10.8. The van der Waals surface area contributed by atoms with Gasteiger partial charge in [-0.15, -0.1) is 0 Å². The van der Waals surface area contributed by atoms with Crippen LogP contribution in [0, 0.1) is 10.1 Å². The highest BCUT2D eigenvalue weighted by Gasteiger charge is 2.36. The average Bonchev–Trinajstić information content (AvgIpc) is 3.44. The molecule has 2 aromatic carbocycles. The largest absolute Gasteiger partial charge is 0.486 e. The number of hydrogen-bond acceptors (Lipinski definition) is 9. The number of benzene rings is 2. The van der Waals surface area contributed by atoms with E-state index in [1.54, 1.807) is 18.2 Å². The van der Waals surface area contributed by atoms with Crippen LogP contribution in [0.5, 0.6) is 11.5 Å². The molecule has 1 aromatic heterocycles. The minimum Gasteiger partial charge on any atom is -0.486 e. The molecule has 1 saturated heterocycles. The van der Waals surface area contributed by atoms with Crippen molar-refractivity contribution in [2.24, 2.45) is 0 Å². The van der Waals surface area contributed by atoms with E-state index >= 15 is 0 Å². The molecule has 188 valence electrons. The van der Waals surface area contributed by atoms with Crippen LogP contribution in [0.25, 0.3) is 17.4 Å². The number of carbonyl (C=O) groups excluding carboxylic acids is 3. The smallest absolute Gasteiger partial charge is 0.294 e. The van der Waals surface area contributed by atoms with E-state index in [0.29, 0.717) is 42.2 Å². The molecule has 0 unspecified atom stereocenters. The van der Waals surface area contributed by atoms with Crippen molar-refractivity contribution in [2.45, 2.75) is 0 Å². The maximum absolute atomic E-state index is 12.8. The summed E-state index contributed by atoms with van der Waals surface area (Å²) in [6.45, 7) is 0.337. The summed E-state index contributed by atoms with van der Waals surface area (Å²) in [6, 6.07) is 12.1. The molecule has 0 radical (unpaired) electrons. The number of nitro groups is 1. The molecule has 0 saturated carbocycles. The summed E-state index contributed by atoms with van der Waals surface area (Å²) in [6.07, 6.45) is 1.34. The number of furan rings is 1. The number of halogens is 1. The third-order valence-corrected chi connectivity index (χ3v) is 6.47. The lowest BCUT2D eigenvalue weighted by Gasteiger charge is -2.19. The molecule has 11 nitrogen and oxygen atoms in total. The minimum absolute atomic E-state index is 0.0450. The van der Waals surface area contributed by atoms with Gasteiger partial charge in [-0.3, -0.25) is 29.4 Å². The van der Waals surface area contributed by atoms with E-state index < -0.39 is 28.5 Å². The lowest BCUT2D eigenvalue weighted by Crippen LogP contribution is -2.36. The summed E-state index contributed by atoms with van der Waals surface area (Å²) in [5, 5.41) is 13.6. The zero-order valence-corrected chi connectivity index (χ0v) is 20.3. The zero-order chi connectivity index (χ0) is 26.1. The molecule has 13 heteroatoms. The Morgan fingerprint density at radius 3 is 2.68 bits per heavy atom. The number of carbonyl (C=O) groups is 3. The van der Waals surface area contributed by atoms with Crippen molar-refractivity contribution in [1.82, 2.24) is 4.90 Å². The van der Waals surface area contributed by atoms with Crippen LogP contribution in [0.4, 0.5) is 16.2 Å². The molecule has 0 bridgehead atoms. The molecule has 0 spiro atoms. The SMILES string of the molecule is O=C(CN1C(=O)S/C(=C/c2ccc(-c3ccc(Cl)cc3[N+](=O)[O-])o2)C1=O)Nc1ccc2c(c1)OCCO2. The lowest BCUT2D eigenvalue weighted by molar-refractivity contribution is -0.384. The number of imide groups is 1. The Labute approximate surface area is 218 Å². The Hall–Kier alpha value is -4.29. The second-order valence-corrected chi connectivity index (χ2v) is 9.22. The molecular weight excluding hydrogens is 526 g/mol. The van der Waals surface area contributed by atoms with Crippen LogP contribution in [0.15, 0.2) is 57.9 Å². The topological polar surface area (TPSA) is 141 Å². The van der Waals surface area contributed by atoms with E-state index in [2.05, 4.69) is 5.32 Å². The van der Waals surface area contributed by atoms with E-state index in [9.17, 15) is 24.5 Å². The van der Waals surface area contributed by atoms with Crippen LogP contribution >= 0.6 is 23.4 Å². The Balaban J connectivity index is 1.28. The van der Waals surface area contributed by atoms with Gasteiger partial charge >= 0.3 is 0 Å². The van der Waals surface area contributed by atoms with Crippen molar-refractivity contribution in [3.63, 3.8) is 0 Å². The van der Waals surface area contributed by atoms with E-state index in [1.807, 2.05) is 0 Å². The fraction of sp³-hybridized carbons (Fsp3) is 0.125. The van der Waals surface area contributed by atoms with Crippen molar-refractivity contribution < 1.29 is 33.2 Å². The van der Waals surface area contributed by atoms with Gasteiger partial charge in [-0.1, -0.05) is 11.6 Å². The Kier molecular flexibility index (Phi) is 6.59. The third kappa shape index (κ3) is 5.15. The standard InChI is InChI=1S/C24H16ClN3O8S/c25-13-1-4-16(17(9-13)28(32)33)18-6-3-15(36-18)11-21-23(30)27(24(31)37-21)12-22(29)26-14-2-5-19-20(10-14)35-8-7-34-19/h1-6,9-11H,7-8,12H2,(H,26,29)/b21-11+. The number of anilines is 1. The molecule has 37 heavy (non-hydrogen) atoms. The molecule has 1 N–H and O–H groups in total. The normalized spacial score (nSPS) is 15.8. The number of fused-ring (bicyclic) bond motifs is 1. The van der Waals surface area contributed by atoms with Gasteiger partial charge in [-0.05, 0) is 48.2 Å². The van der Waals surface area contributed by atoms with Crippen LogP contribution in [-0.4, -0.2) is 46.6 Å². The van der Waals surface area contributed by atoms with Gasteiger partial charge in [0.1, 0.15) is 31.3 Å². The Morgan fingerprint density at radius 2 is 1.89 bits per heavy atom. The number of nitrogens with one attached hydrogen (secondary N) is 1. The monoisotopic (exact) mass is 541 g/mol. The minimum atomic E-state index is -0.664. The number of hydrogen-bond donors (Lipinski definition) is 1. The first-order valence-corrected chi connectivity index (χ1v) is 12.0. The number of amides is 3. The lowest BCUT2D eigenvalue weighted by atomic mass is 10.1. The van der Waals surface area contributed by atoms with Gasteiger partial charge in [0.2, 0.25) is 5.91 Å². The van der Waals surface area contributed by atoms with Crippen LogP contribution < -0.4 is 14.8 Å². The van der Waals surface area contributed by atoms with E-state index in [1.165, 1.54) is 36.4 Å². The predicted octanol–water partition coefficient (Wildman–Crippen LogP) is 4.95. The molecule has 3 amide bonds. The van der Waals surface area contributed by atoms with Gasteiger partial charge in [0.25, 0.3) is 16.8 Å². The number of ether oxygens (including phenoxy) is 2. The highest BCUT2D eigenvalue weighted by atomic mass is 35.5. The van der Waals surface area contributed by atoms with Crippen molar-refractivity contribution in [3.05, 3.63) is 74.3 Å². The summed E-state index contributed by atoms with van der Waals surface area (Å²) in [5.41, 5.74) is 0.395. The van der Waals surface area contributed by atoms with E-state index in [4.69, 9.17) is 25.5 Å². The molecule has 0 atom stereocenters. The van der Waals surface area contributed by atoms with Crippen LogP contribution in [-0.2, 0) is 9.59 Å². The summed E-state index contributed by atoms with van der Waals surface area (Å²) in [5.74, 6) is 0.198.